The Morgan fingerprint density at radius 3 is 2.47 bits per heavy atom. The van der Waals surface area contributed by atoms with E-state index in [0.29, 0.717) is 12.2 Å². The molecule has 3 nitrogen and oxygen atoms in total. The average Bonchev–Trinajstić information content (AvgIpc) is 2.41. The summed E-state index contributed by atoms with van der Waals surface area (Å²) < 4.78 is 1.02. The number of rotatable bonds is 3. The number of para-hydroxylation sites is 1. The van der Waals surface area contributed by atoms with Crippen LogP contribution in [-0.2, 0) is 6.54 Å². The Morgan fingerprint density at radius 1 is 1.11 bits per heavy atom. The molecule has 0 aliphatic rings. The molecule has 0 radical (unpaired) electrons. The Hall–Kier alpha value is -1.46. The zero-order chi connectivity index (χ0) is 13.7. The van der Waals surface area contributed by atoms with Crippen LogP contribution >= 0.6 is 28.6 Å². The van der Waals surface area contributed by atoms with E-state index in [-0.39, 0.29) is 6.03 Å². The Morgan fingerprint density at radius 2 is 1.79 bits per heavy atom. The van der Waals surface area contributed by atoms with Gasteiger partial charge < -0.3 is 10.6 Å². The second-order valence-electron chi connectivity index (χ2n) is 3.95. The number of nitrogens with one attached hydrogen (secondary N) is 2. The molecule has 19 heavy (non-hydrogen) atoms. The highest BCUT2D eigenvalue weighted by Crippen LogP contribution is 2.18. The fourth-order valence-electron chi connectivity index (χ4n) is 1.53. The lowest BCUT2D eigenvalue weighted by atomic mass is 10.2. The normalized spacial score (nSPS) is 10.0. The van der Waals surface area contributed by atoms with Gasteiger partial charge in [-0.05, 0) is 29.8 Å². The summed E-state index contributed by atoms with van der Waals surface area (Å²) in [4.78, 5) is 12.5. The van der Waals surface area contributed by atoms with E-state index in [1.54, 1.807) is 0 Å². The minimum absolute atomic E-state index is 0.246. The monoisotopic (exact) mass is 336 g/mol. The van der Waals surface area contributed by atoms with Crippen LogP contribution in [-0.4, -0.2) is 6.03 Å². The molecular formula is C14H13BrN2OS. The van der Waals surface area contributed by atoms with Crippen molar-refractivity contribution >= 4 is 40.3 Å². The minimum Gasteiger partial charge on any atom is -0.334 e. The molecule has 98 valence electrons. The molecule has 0 heterocycles. The number of anilines is 1. The van der Waals surface area contributed by atoms with Crippen molar-refractivity contribution in [3.05, 3.63) is 58.6 Å². The van der Waals surface area contributed by atoms with Crippen molar-refractivity contribution in [2.24, 2.45) is 0 Å². The number of carbonyl (C=O) groups excluding carboxylic acids is 1. The van der Waals surface area contributed by atoms with Gasteiger partial charge in [-0.15, -0.1) is 12.6 Å². The van der Waals surface area contributed by atoms with Crippen molar-refractivity contribution in [3.8, 4) is 0 Å². The van der Waals surface area contributed by atoms with E-state index < -0.39 is 0 Å². The summed E-state index contributed by atoms with van der Waals surface area (Å²) in [6, 6.07) is 14.9. The maximum absolute atomic E-state index is 11.7. The second kappa shape index (κ2) is 6.63. The summed E-state index contributed by atoms with van der Waals surface area (Å²) in [6.45, 7) is 0.480. The Labute approximate surface area is 126 Å². The Balaban J connectivity index is 1.88. The lowest BCUT2D eigenvalue weighted by Crippen LogP contribution is -2.28. The molecular weight excluding hydrogens is 324 g/mol. The average molecular weight is 337 g/mol. The van der Waals surface area contributed by atoms with Gasteiger partial charge in [-0.1, -0.05) is 40.2 Å². The van der Waals surface area contributed by atoms with Crippen LogP contribution in [0.1, 0.15) is 5.56 Å². The van der Waals surface area contributed by atoms with Crippen molar-refractivity contribution in [2.45, 2.75) is 11.4 Å². The van der Waals surface area contributed by atoms with Crippen molar-refractivity contribution in [1.29, 1.82) is 0 Å². The highest BCUT2D eigenvalue weighted by Gasteiger charge is 2.03. The molecule has 0 spiro atoms. The third kappa shape index (κ3) is 4.29. The van der Waals surface area contributed by atoms with Gasteiger partial charge in [0.25, 0.3) is 0 Å². The second-order valence-corrected chi connectivity index (χ2v) is 5.35. The third-order valence-corrected chi connectivity index (χ3v) is 3.44. The van der Waals surface area contributed by atoms with Gasteiger partial charge in [-0.2, -0.15) is 0 Å². The van der Waals surface area contributed by atoms with Crippen molar-refractivity contribution in [3.63, 3.8) is 0 Å². The summed E-state index contributed by atoms with van der Waals surface area (Å²) in [5.41, 5.74) is 1.73. The molecule has 0 atom stereocenters. The molecule has 0 bridgehead atoms. The minimum atomic E-state index is -0.246. The van der Waals surface area contributed by atoms with Gasteiger partial charge >= 0.3 is 6.03 Å². The zero-order valence-corrected chi connectivity index (χ0v) is 12.5. The fourth-order valence-corrected chi connectivity index (χ4v) is 2.01. The SMILES string of the molecule is O=C(NCc1ccc(Br)cc1)Nc1ccccc1S. The Kier molecular flexibility index (Phi) is 4.87. The first-order valence-corrected chi connectivity index (χ1v) is 6.96. The first kappa shape index (κ1) is 14.0. The molecule has 2 amide bonds. The Bertz CT molecular complexity index is 572. The van der Waals surface area contributed by atoms with Gasteiger partial charge in [0.1, 0.15) is 0 Å². The van der Waals surface area contributed by atoms with E-state index in [9.17, 15) is 4.79 Å². The highest BCUT2D eigenvalue weighted by molar-refractivity contribution is 9.10. The highest BCUT2D eigenvalue weighted by atomic mass is 79.9. The number of hydrogen-bond donors (Lipinski definition) is 3. The molecule has 0 fully saturated rings. The van der Waals surface area contributed by atoms with E-state index >= 15 is 0 Å². The van der Waals surface area contributed by atoms with Crippen LogP contribution in [0.3, 0.4) is 0 Å². The maximum atomic E-state index is 11.7. The number of benzene rings is 2. The molecule has 2 rings (SSSR count). The first-order chi connectivity index (χ1) is 9.15. The molecule has 0 saturated carbocycles. The van der Waals surface area contributed by atoms with Crippen LogP contribution in [0, 0.1) is 0 Å². The lowest BCUT2D eigenvalue weighted by molar-refractivity contribution is 0.251. The summed E-state index contributed by atoms with van der Waals surface area (Å²) in [5.74, 6) is 0. The molecule has 0 aromatic heterocycles. The van der Waals surface area contributed by atoms with Crippen LogP contribution in [0.5, 0.6) is 0 Å². The van der Waals surface area contributed by atoms with Gasteiger partial charge in [-0.25, -0.2) is 4.79 Å². The quantitative estimate of drug-likeness (QED) is 0.727. The standard InChI is InChI=1S/C14H13BrN2OS/c15-11-7-5-10(6-8-11)9-16-14(18)17-12-3-1-2-4-13(12)19/h1-8,19H,9H2,(H2,16,17,18). The topological polar surface area (TPSA) is 41.1 Å². The number of halogens is 1. The molecule has 0 saturated heterocycles. The van der Waals surface area contributed by atoms with E-state index in [0.717, 1.165) is 14.9 Å². The predicted molar refractivity (Wildman–Crippen MR) is 83.7 cm³/mol. The molecule has 2 N–H and O–H groups in total. The molecule has 0 aliphatic carbocycles. The number of thiol groups is 1. The van der Waals surface area contributed by atoms with Crippen LogP contribution in [0.4, 0.5) is 10.5 Å². The smallest absolute Gasteiger partial charge is 0.319 e. The van der Waals surface area contributed by atoms with Gasteiger partial charge in [-0.3, -0.25) is 0 Å². The lowest BCUT2D eigenvalue weighted by Gasteiger charge is -2.09. The molecule has 2 aromatic carbocycles. The van der Waals surface area contributed by atoms with Crippen LogP contribution in [0.2, 0.25) is 0 Å². The van der Waals surface area contributed by atoms with E-state index in [1.165, 1.54) is 0 Å². The van der Waals surface area contributed by atoms with Gasteiger partial charge in [0, 0.05) is 15.9 Å². The molecule has 5 heteroatoms. The summed E-state index contributed by atoms with van der Waals surface area (Å²) in [7, 11) is 0. The van der Waals surface area contributed by atoms with E-state index in [2.05, 4.69) is 39.2 Å². The van der Waals surface area contributed by atoms with Crippen molar-refractivity contribution in [2.75, 3.05) is 5.32 Å². The van der Waals surface area contributed by atoms with Crippen LogP contribution < -0.4 is 10.6 Å². The van der Waals surface area contributed by atoms with Gasteiger partial charge in [0.15, 0.2) is 0 Å². The predicted octanol–water partition coefficient (Wildman–Crippen LogP) is 4.06. The van der Waals surface area contributed by atoms with Crippen LogP contribution in [0.15, 0.2) is 57.9 Å². The van der Waals surface area contributed by atoms with Gasteiger partial charge in [0.05, 0.1) is 5.69 Å². The number of hydrogen-bond acceptors (Lipinski definition) is 2. The number of urea groups is 1. The molecule has 0 aliphatic heterocycles. The van der Waals surface area contributed by atoms with Gasteiger partial charge in [0.2, 0.25) is 0 Å². The van der Waals surface area contributed by atoms with Crippen molar-refractivity contribution in [1.82, 2.24) is 5.32 Å². The number of amides is 2. The largest absolute Gasteiger partial charge is 0.334 e. The molecule has 2 aromatic rings. The number of carbonyl (C=O) groups is 1. The third-order valence-electron chi connectivity index (χ3n) is 2.52. The van der Waals surface area contributed by atoms with E-state index in [1.807, 2.05) is 48.5 Å². The fraction of sp³-hybridized carbons (Fsp3) is 0.0714. The summed E-state index contributed by atoms with van der Waals surface area (Å²) in [5, 5.41) is 5.55. The molecule has 0 unspecified atom stereocenters. The van der Waals surface area contributed by atoms with Crippen molar-refractivity contribution < 1.29 is 4.79 Å². The van der Waals surface area contributed by atoms with Crippen LogP contribution in [0.25, 0.3) is 0 Å². The zero-order valence-electron chi connectivity index (χ0n) is 10.1. The maximum Gasteiger partial charge on any atom is 0.319 e. The van der Waals surface area contributed by atoms with E-state index in [4.69, 9.17) is 0 Å². The first-order valence-electron chi connectivity index (χ1n) is 5.72. The summed E-state index contributed by atoms with van der Waals surface area (Å²) in [6.07, 6.45) is 0. The summed E-state index contributed by atoms with van der Waals surface area (Å²) >= 11 is 7.64.